The molecule has 3 rings (SSSR count). The van der Waals surface area contributed by atoms with Crippen LogP contribution in [-0.4, -0.2) is 29.9 Å². The number of imide groups is 1. The van der Waals surface area contributed by atoms with Crippen LogP contribution in [0.5, 0.6) is 0 Å². The molecule has 0 saturated carbocycles. The Morgan fingerprint density at radius 3 is 2.61 bits per heavy atom. The topological polar surface area (TPSA) is 97.4 Å². The second-order valence-electron chi connectivity index (χ2n) is 5.68. The van der Waals surface area contributed by atoms with Crippen molar-refractivity contribution in [1.29, 1.82) is 0 Å². The van der Waals surface area contributed by atoms with E-state index in [1.807, 2.05) is 16.8 Å². The fourth-order valence-corrected chi connectivity index (χ4v) is 3.90. The number of urea groups is 1. The SMILES string of the molecule is CNC(=O)NC(=O)[C@H](OC(=O)Cc1csc(-c2ccsc2)n1)c1ccccc1. The van der Waals surface area contributed by atoms with Crippen molar-refractivity contribution in [2.75, 3.05) is 7.05 Å². The molecule has 3 aromatic rings. The van der Waals surface area contributed by atoms with Crippen molar-refractivity contribution in [3.8, 4) is 10.6 Å². The van der Waals surface area contributed by atoms with Gasteiger partial charge in [-0.3, -0.25) is 14.9 Å². The number of hydrogen-bond donors (Lipinski definition) is 2. The maximum Gasteiger partial charge on any atom is 0.321 e. The molecular weight excluding hydrogens is 398 g/mol. The molecule has 0 fully saturated rings. The zero-order valence-electron chi connectivity index (χ0n) is 14.9. The summed E-state index contributed by atoms with van der Waals surface area (Å²) in [5, 5.41) is 11.0. The van der Waals surface area contributed by atoms with E-state index in [9.17, 15) is 14.4 Å². The van der Waals surface area contributed by atoms with Crippen molar-refractivity contribution in [1.82, 2.24) is 15.6 Å². The summed E-state index contributed by atoms with van der Waals surface area (Å²) in [4.78, 5) is 40.7. The molecule has 0 spiro atoms. The Bertz CT molecular complexity index is 955. The zero-order valence-corrected chi connectivity index (χ0v) is 16.5. The van der Waals surface area contributed by atoms with Crippen molar-refractivity contribution in [3.05, 3.63) is 63.8 Å². The fourth-order valence-electron chi connectivity index (χ4n) is 2.37. The maximum absolute atomic E-state index is 12.4. The van der Waals surface area contributed by atoms with Gasteiger partial charge in [0, 0.05) is 28.9 Å². The summed E-state index contributed by atoms with van der Waals surface area (Å²) >= 11 is 3.01. The van der Waals surface area contributed by atoms with Crippen LogP contribution in [0.3, 0.4) is 0 Å². The predicted octanol–water partition coefficient (Wildman–Crippen LogP) is 3.15. The van der Waals surface area contributed by atoms with Gasteiger partial charge in [-0.05, 0) is 11.4 Å². The van der Waals surface area contributed by atoms with Gasteiger partial charge in [0.1, 0.15) is 5.01 Å². The summed E-state index contributed by atoms with van der Waals surface area (Å²) in [5.74, 6) is -1.33. The minimum Gasteiger partial charge on any atom is -0.447 e. The molecule has 1 aromatic carbocycles. The summed E-state index contributed by atoms with van der Waals surface area (Å²) in [6.07, 6.45) is -1.31. The van der Waals surface area contributed by atoms with Gasteiger partial charge in [-0.25, -0.2) is 9.78 Å². The Balaban J connectivity index is 1.70. The van der Waals surface area contributed by atoms with Crippen LogP contribution in [0.25, 0.3) is 10.6 Å². The monoisotopic (exact) mass is 415 g/mol. The second kappa shape index (κ2) is 9.25. The summed E-state index contributed by atoms with van der Waals surface area (Å²) < 4.78 is 5.38. The highest BCUT2D eigenvalue weighted by molar-refractivity contribution is 7.14. The van der Waals surface area contributed by atoms with Crippen molar-refractivity contribution < 1.29 is 19.1 Å². The first-order valence-corrected chi connectivity index (χ1v) is 10.1. The third kappa shape index (κ3) is 5.02. The lowest BCUT2D eigenvalue weighted by molar-refractivity contribution is -0.155. The lowest BCUT2D eigenvalue weighted by Crippen LogP contribution is -2.41. The van der Waals surface area contributed by atoms with Crippen LogP contribution in [0, 0.1) is 0 Å². The smallest absolute Gasteiger partial charge is 0.321 e. The summed E-state index contributed by atoms with van der Waals surface area (Å²) in [5.41, 5.74) is 2.03. The molecule has 0 aliphatic rings. The lowest BCUT2D eigenvalue weighted by Gasteiger charge is -2.17. The second-order valence-corrected chi connectivity index (χ2v) is 7.32. The van der Waals surface area contributed by atoms with Gasteiger partial charge in [0.2, 0.25) is 6.10 Å². The number of thiazole rings is 1. The largest absolute Gasteiger partial charge is 0.447 e. The van der Waals surface area contributed by atoms with Crippen LogP contribution in [-0.2, 0) is 20.7 Å². The molecule has 9 heteroatoms. The molecule has 0 radical (unpaired) electrons. The predicted molar refractivity (Wildman–Crippen MR) is 107 cm³/mol. The number of benzene rings is 1. The minimum absolute atomic E-state index is 0.0722. The average Bonchev–Trinajstić information content (AvgIpc) is 3.38. The van der Waals surface area contributed by atoms with Gasteiger partial charge in [0.15, 0.2) is 0 Å². The van der Waals surface area contributed by atoms with E-state index in [1.165, 1.54) is 18.4 Å². The molecule has 0 aliphatic heterocycles. The first kappa shape index (κ1) is 19.7. The number of hydrogen-bond acceptors (Lipinski definition) is 7. The van der Waals surface area contributed by atoms with E-state index in [0.29, 0.717) is 11.3 Å². The molecule has 0 aliphatic carbocycles. The van der Waals surface area contributed by atoms with Crippen LogP contribution >= 0.6 is 22.7 Å². The molecule has 3 amide bonds. The van der Waals surface area contributed by atoms with Crippen LogP contribution in [0.4, 0.5) is 4.79 Å². The summed E-state index contributed by atoms with van der Waals surface area (Å²) in [7, 11) is 1.39. The van der Waals surface area contributed by atoms with Gasteiger partial charge in [-0.15, -0.1) is 11.3 Å². The van der Waals surface area contributed by atoms with Gasteiger partial charge in [-0.1, -0.05) is 30.3 Å². The van der Waals surface area contributed by atoms with Gasteiger partial charge in [0.25, 0.3) is 5.91 Å². The van der Waals surface area contributed by atoms with Gasteiger partial charge in [-0.2, -0.15) is 11.3 Å². The van der Waals surface area contributed by atoms with Crippen molar-refractivity contribution >= 4 is 40.6 Å². The van der Waals surface area contributed by atoms with Crippen molar-refractivity contribution in [3.63, 3.8) is 0 Å². The third-order valence-corrected chi connectivity index (χ3v) is 5.32. The summed E-state index contributed by atoms with van der Waals surface area (Å²) in [6.45, 7) is 0. The number of aromatic nitrogens is 1. The molecule has 0 bridgehead atoms. The molecule has 144 valence electrons. The Kier molecular flexibility index (Phi) is 6.51. The van der Waals surface area contributed by atoms with Gasteiger partial charge >= 0.3 is 12.0 Å². The molecule has 1 atom stereocenters. The standard InChI is InChI=1S/C19H17N3O4S2/c1-20-19(25)22-17(24)16(12-5-3-2-4-6-12)26-15(23)9-14-11-28-18(21-14)13-7-8-27-10-13/h2-8,10-11,16H,9H2,1H3,(H2,20,22,24,25)/t16-/m1/s1. The van der Waals surface area contributed by atoms with Gasteiger partial charge in [0.05, 0.1) is 12.1 Å². The highest BCUT2D eigenvalue weighted by Gasteiger charge is 2.26. The van der Waals surface area contributed by atoms with E-state index in [4.69, 9.17) is 4.74 Å². The lowest BCUT2D eigenvalue weighted by atomic mass is 10.1. The number of esters is 1. The number of carbonyl (C=O) groups excluding carboxylic acids is 3. The molecule has 0 unspecified atom stereocenters. The van der Waals surface area contributed by atoms with E-state index in [2.05, 4.69) is 15.6 Å². The van der Waals surface area contributed by atoms with E-state index in [0.717, 1.165) is 10.6 Å². The van der Waals surface area contributed by atoms with E-state index in [-0.39, 0.29) is 6.42 Å². The Morgan fingerprint density at radius 2 is 1.93 bits per heavy atom. The Hall–Kier alpha value is -3.04. The number of thiophene rings is 1. The molecule has 28 heavy (non-hydrogen) atoms. The molecule has 2 N–H and O–H groups in total. The quantitative estimate of drug-likeness (QED) is 0.603. The maximum atomic E-state index is 12.4. The van der Waals surface area contributed by atoms with Crippen LogP contribution in [0.1, 0.15) is 17.4 Å². The number of rotatable bonds is 6. The van der Waals surface area contributed by atoms with E-state index < -0.39 is 24.0 Å². The molecular formula is C19H17N3O4S2. The first-order valence-electron chi connectivity index (χ1n) is 8.31. The normalized spacial score (nSPS) is 11.5. The van der Waals surface area contributed by atoms with Crippen LogP contribution in [0.15, 0.2) is 52.5 Å². The molecule has 2 heterocycles. The number of nitrogens with zero attached hydrogens (tertiary/aromatic N) is 1. The van der Waals surface area contributed by atoms with Crippen molar-refractivity contribution in [2.45, 2.75) is 12.5 Å². The van der Waals surface area contributed by atoms with Crippen LogP contribution in [0.2, 0.25) is 0 Å². The minimum atomic E-state index is -1.24. The Morgan fingerprint density at radius 1 is 1.14 bits per heavy atom. The van der Waals surface area contributed by atoms with Crippen molar-refractivity contribution in [2.24, 2.45) is 0 Å². The zero-order chi connectivity index (χ0) is 19.9. The number of nitrogens with one attached hydrogen (secondary N) is 2. The highest BCUT2D eigenvalue weighted by atomic mass is 32.1. The number of ether oxygens (including phenoxy) is 1. The van der Waals surface area contributed by atoms with E-state index >= 15 is 0 Å². The van der Waals surface area contributed by atoms with E-state index in [1.54, 1.807) is 47.0 Å². The van der Waals surface area contributed by atoms with Gasteiger partial charge < -0.3 is 10.1 Å². The first-order chi connectivity index (χ1) is 13.6. The number of amides is 3. The molecule has 0 saturated heterocycles. The summed E-state index contributed by atoms with van der Waals surface area (Å²) in [6, 6.07) is 9.80. The molecule has 2 aromatic heterocycles. The van der Waals surface area contributed by atoms with Crippen LogP contribution < -0.4 is 10.6 Å². The highest BCUT2D eigenvalue weighted by Crippen LogP contribution is 2.26. The Labute approximate surface area is 169 Å². The fraction of sp³-hybridized carbons (Fsp3) is 0.158. The third-order valence-electron chi connectivity index (χ3n) is 3.70. The molecule has 7 nitrogen and oxygen atoms in total. The average molecular weight is 415 g/mol. The number of carbonyl (C=O) groups is 3.